The Kier molecular flexibility index (Phi) is 4.19. The summed E-state index contributed by atoms with van der Waals surface area (Å²) in [6.45, 7) is 10.3. The van der Waals surface area contributed by atoms with Crippen molar-refractivity contribution in [2.75, 3.05) is 0 Å². The van der Waals surface area contributed by atoms with Gasteiger partial charge in [-0.15, -0.1) is 11.3 Å². The Morgan fingerprint density at radius 2 is 2.17 bits per heavy atom. The summed E-state index contributed by atoms with van der Waals surface area (Å²) in [5.41, 5.74) is 2.48. The molecule has 0 amide bonds. The lowest BCUT2D eigenvalue weighted by Crippen LogP contribution is -2.21. The maximum atomic E-state index is 4.57. The molecule has 0 aliphatic carbocycles. The van der Waals surface area contributed by atoms with Crippen molar-refractivity contribution in [1.29, 1.82) is 0 Å². The number of nitrogens with zero attached hydrogens (tertiary/aromatic N) is 2. The molecule has 3 nitrogen and oxygen atoms in total. The normalized spacial score (nSPS) is 11.4. The third-order valence-electron chi connectivity index (χ3n) is 2.92. The number of hydrogen-bond acceptors (Lipinski definition) is 3. The molecule has 0 bridgehead atoms. The van der Waals surface area contributed by atoms with Crippen LogP contribution < -0.4 is 5.32 Å². The highest BCUT2D eigenvalue weighted by Crippen LogP contribution is 2.17. The van der Waals surface area contributed by atoms with Crippen molar-refractivity contribution in [3.8, 4) is 0 Å². The van der Waals surface area contributed by atoms with Gasteiger partial charge in [0.25, 0.3) is 0 Å². The minimum Gasteiger partial charge on any atom is -0.347 e. The van der Waals surface area contributed by atoms with Crippen LogP contribution >= 0.6 is 11.3 Å². The van der Waals surface area contributed by atoms with Crippen LogP contribution in [0.2, 0.25) is 0 Å². The van der Waals surface area contributed by atoms with Gasteiger partial charge in [-0.3, -0.25) is 0 Å². The first kappa shape index (κ1) is 13.3. The van der Waals surface area contributed by atoms with Gasteiger partial charge in [0, 0.05) is 29.9 Å². The van der Waals surface area contributed by atoms with E-state index in [0.29, 0.717) is 6.04 Å². The first-order valence-electron chi connectivity index (χ1n) is 6.35. The Morgan fingerprint density at radius 1 is 1.39 bits per heavy atom. The second-order valence-corrected chi connectivity index (χ2v) is 6.26. The van der Waals surface area contributed by atoms with Crippen molar-refractivity contribution in [2.24, 2.45) is 0 Å². The molecular weight excluding hydrogens is 242 g/mol. The van der Waals surface area contributed by atoms with E-state index in [2.05, 4.69) is 61.0 Å². The zero-order valence-corrected chi connectivity index (χ0v) is 12.3. The van der Waals surface area contributed by atoms with Gasteiger partial charge in [0.15, 0.2) is 0 Å². The van der Waals surface area contributed by atoms with E-state index in [1.807, 2.05) is 0 Å². The van der Waals surface area contributed by atoms with E-state index in [4.69, 9.17) is 0 Å². The van der Waals surface area contributed by atoms with E-state index >= 15 is 0 Å². The van der Waals surface area contributed by atoms with Gasteiger partial charge in [0.05, 0.1) is 12.2 Å². The van der Waals surface area contributed by atoms with Crippen LogP contribution in [0.25, 0.3) is 0 Å². The van der Waals surface area contributed by atoms with Gasteiger partial charge >= 0.3 is 0 Å². The Hall–Kier alpha value is -1.13. The van der Waals surface area contributed by atoms with Crippen molar-refractivity contribution in [2.45, 2.75) is 46.8 Å². The summed E-state index contributed by atoms with van der Waals surface area (Å²) >= 11 is 1.79. The summed E-state index contributed by atoms with van der Waals surface area (Å²) in [5, 5.41) is 4.61. The Bertz CT molecular complexity index is 491. The molecular formula is C14H21N3S. The molecule has 2 rings (SSSR count). The summed E-state index contributed by atoms with van der Waals surface area (Å²) in [7, 11) is 0. The van der Waals surface area contributed by atoms with E-state index in [0.717, 1.165) is 18.8 Å². The number of hydrogen-bond donors (Lipinski definition) is 1. The second kappa shape index (κ2) is 5.67. The fraction of sp³-hybridized carbons (Fsp3) is 0.500. The molecule has 0 unspecified atom stereocenters. The zero-order chi connectivity index (χ0) is 13.1. The van der Waals surface area contributed by atoms with Crippen molar-refractivity contribution < 1.29 is 0 Å². The lowest BCUT2D eigenvalue weighted by Gasteiger charge is -2.05. The van der Waals surface area contributed by atoms with Crippen molar-refractivity contribution in [1.82, 2.24) is 14.9 Å². The number of thiazole rings is 1. The average Bonchev–Trinajstić information content (AvgIpc) is 2.85. The highest BCUT2D eigenvalue weighted by atomic mass is 32.1. The summed E-state index contributed by atoms with van der Waals surface area (Å²) in [4.78, 5) is 5.89. The second-order valence-electron chi connectivity index (χ2n) is 4.98. The molecule has 0 saturated carbocycles. The van der Waals surface area contributed by atoms with Gasteiger partial charge < -0.3 is 9.88 Å². The predicted octanol–water partition coefficient (Wildman–Crippen LogP) is 3.11. The molecule has 0 aliphatic rings. The van der Waals surface area contributed by atoms with Gasteiger partial charge in [0.2, 0.25) is 0 Å². The molecule has 18 heavy (non-hydrogen) atoms. The predicted molar refractivity (Wildman–Crippen MR) is 77.1 cm³/mol. The van der Waals surface area contributed by atoms with Crippen LogP contribution in [0.15, 0.2) is 18.5 Å². The molecule has 0 atom stereocenters. The monoisotopic (exact) mass is 263 g/mol. The molecule has 98 valence electrons. The zero-order valence-electron chi connectivity index (χ0n) is 11.5. The minimum absolute atomic E-state index is 0.526. The molecule has 4 heteroatoms. The smallest absolute Gasteiger partial charge is 0.113 e. The molecule has 2 aromatic heterocycles. The minimum atomic E-state index is 0.526. The van der Waals surface area contributed by atoms with Crippen molar-refractivity contribution in [3.05, 3.63) is 39.6 Å². The van der Waals surface area contributed by atoms with Gasteiger partial charge in [-0.2, -0.15) is 0 Å². The largest absolute Gasteiger partial charge is 0.347 e. The first-order chi connectivity index (χ1) is 8.54. The van der Waals surface area contributed by atoms with Gasteiger partial charge in [-0.1, -0.05) is 13.8 Å². The number of aryl methyl sites for hydroxylation is 2. The van der Waals surface area contributed by atoms with Crippen molar-refractivity contribution >= 4 is 11.3 Å². The van der Waals surface area contributed by atoms with Crippen LogP contribution in [0.5, 0.6) is 0 Å². The quantitative estimate of drug-likeness (QED) is 0.898. The average molecular weight is 263 g/mol. The summed E-state index contributed by atoms with van der Waals surface area (Å²) < 4.78 is 2.20. The van der Waals surface area contributed by atoms with E-state index < -0.39 is 0 Å². The van der Waals surface area contributed by atoms with Crippen LogP contribution in [0.3, 0.4) is 0 Å². The number of rotatable bonds is 5. The third kappa shape index (κ3) is 3.43. The standard InChI is InChI=1S/C14H21N3S/c1-10(2)15-7-13-5-6-17(8-13)9-14-16-11(3)12(4)18-14/h5-6,8,10,15H,7,9H2,1-4H3. The summed E-state index contributed by atoms with van der Waals surface area (Å²) in [6.07, 6.45) is 4.32. The highest BCUT2D eigenvalue weighted by molar-refractivity contribution is 7.11. The molecule has 2 aromatic rings. The summed E-state index contributed by atoms with van der Waals surface area (Å²) in [5.74, 6) is 0. The van der Waals surface area contributed by atoms with Crippen LogP contribution in [0.4, 0.5) is 0 Å². The van der Waals surface area contributed by atoms with Crippen LogP contribution in [0.1, 0.15) is 35.0 Å². The molecule has 0 saturated heterocycles. The van der Waals surface area contributed by atoms with Crippen LogP contribution in [0, 0.1) is 13.8 Å². The lowest BCUT2D eigenvalue weighted by molar-refractivity contribution is 0.588. The Balaban J connectivity index is 1.98. The maximum absolute atomic E-state index is 4.57. The third-order valence-corrected chi connectivity index (χ3v) is 3.97. The SMILES string of the molecule is Cc1nc(Cn2ccc(CNC(C)C)c2)sc1C. The first-order valence-corrected chi connectivity index (χ1v) is 7.17. The van der Waals surface area contributed by atoms with Gasteiger partial charge in [0.1, 0.15) is 5.01 Å². The van der Waals surface area contributed by atoms with Gasteiger partial charge in [-0.25, -0.2) is 4.98 Å². The molecule has 0 spiro atoms. The fourth-order valence-corrected chi connectivity index (χ4v) is 2.72. The molecule has 2 heterocycles. The van der Waals surface area contributed by atoms with E-state index in [1.54, 1.807) is 11.3 Å². The molecule has 1 N–H and O–H groups in total. The maximum Gasteiger partial charge on any atom is 0.113 e. The molecule has 0 radical (unpaired) electrons. The van der Waals surface area contributed by atoms with Crippen LogP contribution in [-0.2, 0) is 13.1 Å². The topological polar surface area (TPSA) is 29.9 Å². The summed E-state index contributed by atoms with van der Waals surface area (Å²) in [6, 6.07) is 2.69. The van der Waals surface area contributed by atoms with Gasteiger partial charge in [-0.05, 0) is 25.5 Å². The Labute approximate surface area is 113 Å². The van der Waals surface area contributed by atoms with Crippen molar-refractivity contribution in [3.63, 3.8) is 0 Å². The molecule has 0 aliphatic heterocycles. The lowest BCUT2D eigenvalue weighted by atomic mass is 10.3. The highest BCUT2D eigenvalue weighted by Gasteiger charge is 2.05. The van der Waals surface area contributed by atoms with E-state index in [9.17, 15) is 0 Å². The van der Waals surface area contributed by atoms with E-state index in [1.165, 1.54) is 15.4 Å². The number of nitrogens with one attached hydrogen (secondary N) is 1. The molecule has 0 fully saturated rings. The Morgan fingerprint density at radius 3 is 2.78 bits per heavy atom. The number of aromatic nitrogens is 2. The van der Waals surface area contributed by atoms with Crippen LogP contribution in [-0.4, -0.2) is 15.6 Å². The molecule has 0 aromatic carbocycles. The fourth-order valence-electron chi connectivity index (χ4n) is 1.78. The van der Waals surface area contributed by atoms with E-state index in [-0.39, 0.29) is 0 Å².